The quantitative estimate of drug-likeness (QED) is 0.0268. The topological polar surface area (TPSA) is 78.9 Å². The zero-order valence-corrected chi connectivity index (χ0v) is 35.6. The third-order valence-corrected chi connectivity index (χ3v) is 10.3. The van der Waals surface area contributed by atoms with Crippen molar-refractivity contribution in [2.24, 2.45) is 0 Å². The maximum atomic E-state index is 12.7. The summed E-state index contributed by atoms with van der Waals surface area (Å²) in [5.74, 6) is -0.870. The number of ether oxygens (including phenoxy) is 3. The highest BCUT2D eigenvalue weighted by molar-refractivity contribution is 5.71. The molecule has 1 unspecified atom stereocenters. The Labute approximate surface area is 329 Å². The first-order chi connectivity index (χ1) is 26.0. The highest BCUT2D eigenvalue weighted by atomic mass is 16.6. The van der Waals surface area contributed by atoms with Crippen LogP contribution in [0, 0.1) is 0 Å². The third kappa shape index (κ3) is 41.2. The minimum absolute atomic E-state index is 0.0689. The van der Waals surface area contributed by atoms with Crippen LogP contribution >= 0.6 is 0 Å². The van der Waals surface area contributed by atoms with E-state index in [9.17, 15) is 14.4 Å². The summed E-state index contributed by atoms with van der Waals surface area (Å²) >= 11 is 0. The first-order valence-corrected chi connectivity index (χ1v) is 23.2. The molecule has 0 aliphatic heterocycles. The second-order valence-electron chi connectivity index (χ2n) is 15.7. The molecule has 0 aromatic heterocycles. The predicted octanol–water partition coefficient (Wildman–Crippen LogP) is 14.6. The van der Waals surface area contributed by atoms with Gasteiger partial charge in [0.15, 0.2) is 6.10 Å². The number of rotatable bonds is 42. The zero-order chi connectivity index (χ0) is 38.7. The van der Waals surface area contributed by atoms with Crippen LogP contribution in [0.4, 0.5) is 0 Å². The highest BCUT2D eigenvalue weighted by Crippen LogP contribution is 2.15. The fraction of sp³-hybridized carbons (Fsp3) is 0.894. The Hall–Kier alpha value is -1.85. The van der Waals surface area contributed by atoms with Gasteiger partial charge in [-0.3, -0.25) is 14.4 Å². The fourth-order valence-corrected chi connectivity index (χ4v) is 6.72. The van der Waals surface area contributed by atoms with Crippen LogP contribution in [-0.2, 0) is 28.6 Å². The Bertz CT molecular complexity index is 824. The van der Waals surface area contributed by atoms with Crippen molar-refractivity contribution >= 4 is 17.9 Å². The van der Waals surface area contributed by atoms with Gasteiger partial charge in [-0.1, -0.05) is 206 Å². The van der Waals surface area contributed by atoms with Gasteiger partial charge >= 0.3 is 17.9 Å². The van der Waals surface area contributed by atoms with Crippen LogP contribution in [0.1, 0.15) is 252 Å². The molecule has 0 fully saturated rings. The van der Waals surface area contributed by atoms with Gasteiger partial charge < -0.3 is 14.2 Å². The van der Waals surface area contributed by atoms with Gasteiger partial charge in [-0.05, 0) is 38.5 Å². The van der Waals surface area contributed by atoms with E-state index in [1.807, 2.05) is 0 Å². The van der Waals surface area contributed by atoms with Crippen molar-refractivity contribution in [1.29, 1.82) is 0 Å². The Kier molecular flexibility index (Phi) is 41.4. The summed E-state index contributed by atoms with van der Waals surface area (Å²) in [4.78, 5) is 37.7. The molecule has 0 heterocycles. The summed E-state index contributed by atoms with van der Waals surface area (Å²) in [5, 5.41) is 0. The lowest BCUT2D eigenvalue weighted by atomic mass is 10.0. The number of hydrogen-bond acceptors (Lipinski definition) is 6. The van der Waals surface area contributed by atoms with E-state index in [2.05, 4.69) is 32.9 Å². The van der Waals surface area contributed by atoms with Gasteiger partial charge in [-0.2, -0.15) is 0 Å². The monoisotopic (exact) mass is 749 g/mol. The van der Waals surface area contributed by atoms with Crippen LogP contribution in [0.3, 0.4) is 0 Å². The smallest absolute Gasteiger partial charge is 0.306 e. The molecule has 0 aromatic rings. The van der Waals surface area contributed by atoms with Crippen molar-refractivity contribution < 1.29 is 28.6 Å². The number of carbonyl (C=O) groups excluding carboxylic acids is 3. The van der Waals surface area contributed by atoms with Gasteiger partial charge in [0, 0.05) is 19.3 Å². The molecule has 0 bridgehead atoms. The lowest BCUT2D eigenvalue weighted by molar-refractivity contribution is -0.167. The molecule has 0 rings (SSSR count). The summed E-state index contributed by atoms with van der Waals surface area (Å²) in [6.45, 7) is 6.60. The predicted molar refractivity (Wildman–Crippen MR) is 224 cm³/mol. The second kappa shape index (κ2) is 42.9. The van der Waals surface area contributed by atoms with Crippen molar-refractivity contribution in [2.45, 2.75) is 258 Å². The SMILES string of the molecule is CCCC/C=C\CCCCCCCC(=O)OC(COC(=O)CCCCCCCCCCCCC)COC(=O)CCCCCCCCCCCCCCC. The van der Waals surface area contributed by atoms with Crippen LogP contribution < -0.4 is 0 Å². The van der Waals surface area contributed by atoms with Gasteiger partial charge in [0.25, 0.3) is 0 Å². The van der Waals surface area contributed by atoms with E-state index in [-0.39, 0.29) is 31.1 Å². The average molecular weight is 749 g/mol. The van der Waals surface area contributed by atoms with Gasteiger partial charge in [0.1, 0.15) is 13.2 Å². The maximum absolute atomic E-state index is 12.7. The molecule has 53 heavy (non-hydrogen) atoms. The summed E-state index contributed by atoms with van der Waals surface area (Å²) in [5.41, 5.74) is 0. The van der Waals surface area contributed by atoms with E-state index < -0.39 is 6.10 Å². The Balaban J connectivity index is 4.34. The van der Waals surface area contributed by atoms with Crippen molar-refractivity contribution in [1.82, 2.24) is 0 Å². The molecule has 0 N–H and O–H groups in total. The lowest BCUT2D eigenvalue weighted by Gasteiger charge is -2.18. The molecule has 0 radical (unpaired) electrons. The minimum atomic E-state index is -0.765. The number of allylic oxidation sites excluding steroid dienone is 2. The minimum Gasteiger partial charge on any atom is -0.462 e. The number of carbonyl (C=O) groups is 3. The van der Waals surface area contributed by atoms with Gasteiger partial charge in [0.05, 0.1) is 0 Å². The molecular weight excluding hydrogens is 661 g/mol. The normalized spacial score (nSPS) is 12.0. The Morgan fingerprint density at radius 3 is 1.00 bits per heavy atom. The fourth-order valence-electron chi connectivity index (χ4n) is 6.72. The molecule has 0 amide bonds. The molecule has 0 saturated carbocycles. The van der Waals surface area contributed by atoms with Gasteiger partial charge in [-0.15, -0.1) is 0 Å². The second-order valence-corrected chi connectivity index (χ2v) is 15.7. The number of unbranched alkanes of at least 4 members (excludes halogenated alkanes) is 29. The molecule has 6 heteroatoms. The molecule has 312 valence electrons. The Morgan fingerprint density at radius 1 is 0.358 bits per heavy atom. The molecule has 6 nitrogen and oxygen atoms in total. The van der Waals surface area contributed by atoms with Crippen molar-refractivity contribution in [3.63, 3.8) is 0 Å². The summed E-state index contributed by atoms with van der Waals surface area (Å²) in [7, 11) is 0. The molecule has 0 saturated heterocycles. The standard InChI is InChI=1S/C47H88O6/c1-4-7-10-13-16-19-22-23-26-28-31-34-37-40-46(49)52-43-44(53-47(50)41-38-35-32-29-25-21-18-15-12-9-6-3)42-51-45(48)39-36-33-30-27-24-20-17-14-11-8-5-2/h15,18,44H,4-14,16-17,19-43H2,1-3H3/b18-15-. The van der Waals surface area contributed by atoms with Gasteiger partial charge in [-0.25, -0.2) is 0 Å². The summed E-state index contributed by atoms with van der Waals surface area (Å²) in [6, 6.07) is 0. The van der Waals surface area contributed by atoms with E-state index in [0.717, 1.165) is 64.2 Å². The van der Waals surface area contributed by atoms with Gasteiger partial charge in [0.2, 0.25) is 0 Å². The number of esters is 3. The van der Waals surface area contributed by atoms with Crippen molar-refractivity contribution in [2.75, 3.05) is 13.2 Å². The molecule has 0 aliphatic rings. The lowest BCUT2D eigenvalue weighted by Crippen LogP contribution is -2.30. The van der Waals surface area contributed by atoms with Crippen molar-refractivity contribution in [3.8, 4) is 0 Å². The van der Waals surface area contributed by atoms with Crippen LogP contribution in [-0.4, -0.2) is 37.2 Å². The zero-order valence-electron chi connectivity index (χ0n) is 35.6. The van der Waals surface area contributed by atoms with E-state index in [4.69, 9.17) is 14.2 Å². The first-order valence-electron chi connectivity index (χ1n) is 23.2. The molecule has 1 atom stereocenters. The highest BCUT2D eigenvalue weighted by Gasteiger charge is 2.19. The van der Waals surface area contributed by atoms with E-state index in [0.29, 0.717) is 19.3 Å². The van der Waals surface area contributed by atoms with E-state index >= 15 is 0 Å². The largest absolute Gasteiger partial charge is 0.462 e. The van der Waals surface area contributed by atoms with E-state index in [1.165, 1.54) is 148 Å². The van der Waals surface area contributed by atoms with Crippen LogP contribution in [0.25, 0.3) is 0 Å². The van der Waals surface area contributed by atoms with E-state index in [1.54, 1.807) is 0 Å². The molecular formula is C47H88O6. The van der Waals surface area contributed by atoms with Crippen LogP contribution in [0.5, 0.6) is 0 Å². The summed E-state index contributed by atoms with van der Waals surface area (Å²) in [6.07, 6.45) is 44.7. The van der Waals surface area contributed by atoms with Crippen molar-refractivity contribution in [3.05, 3.63) is 12.2 Å². The molecule has 0 aliphatic carbocycles. The van der Waals surface area contributed by atoms with Crippen LogP contribution in [0.2, 0.25) is 0 Å². The Morgan fingerprint density at radius 2 is 0.642 bits per heavy atom. The third-order valence-electron chi connectivity index (χ3n) is 10.3. The number of hydrogen-bond donors (Lipinski definition) is 0. The van der Waals surface area contributed by atoms with Crippen LogP contribution in [0.15, 0.2) is 12.2 Å². The summed E-state index contributed by atoms with van der Waals surface area (Å²) < 4.78 is 16.7. The average Bonchev–Trinajstić information content (AvgIpc) is 3.15. The molecule has 0 aromatic carbocycles. The first kappa shape index (κ1) is 51.1. The molecule has 0 spiro atoms. The maximum Gasteiger partial charge on any atom is 0.306 e.